The molecule has 3 heterocycles. The third-order valence-electron chi connectivity index (χ3n) is 4.57. The molecule has 0 aromatic carbocycles. The summed E-state index contributed by atoms with van der Waals surface area (Å²) in [6, 6.07) is 0. The minimum Gasteiger partial charge on any atom is -0.345 e. The fraction of sp³-hybridized carbons (Fsp3) is 0.688. The van der Waals surface area contributed by atoms with Crippen molar-refractivity contribution in [3.8, 4) is 0 Å². The summed E-state index contributed by atoms with van der Waals surface area (Å²) in [6.07, 6.45) is 2.16. The SMILES string of the molecule is CC(C)(C)N1CC(C(=O)N2CCN(c3nccs3)CC2)CC1=O. The molecule has 2 aliphatic rings. The number of carbonyl (C=O) groups is 2. The zero-order valence-corrected chi connectivity index (χ0v) is 14.8. The van der Waals surface area contributed by atoms with E-state index in [1.54, 1.807) is 11.3 Å². The Morgan fingerprint density at radius 2 is 1.96 bits per heavy atom. The van der Waals surface area contributed by atoms with Crippen LogP contribution < -0.4 is 4.90 Å². The zero-order valence-electron chi connectivity index (χ0n) is 14.0. The molecule has 126 valence electrons. The van der Waals surface area contributed by atoms with Crippen LogP contribution in [0, 0.1) is 5.92 Å². The van der Waals surface area contributed by atoms with Crippen LogP contribution in [0.15, 0.2) is 11.6 Å². The van der Waals surface area contributed by atoms with Gasteiger partial charge in [0.25, 0.3) is 0 Å². The summed E-state index contributed by atoms with van der Waals surface area (Å²) in [5.74, 6) is 0.0364. The Balaban J connectivity index is 1.57. The first-order chi connectivity index (χ1) is 10.9. The highest BCUT2D eigenvalue weighted by Gasteiger charge is 2.41. The van der Waals surface area contributed by atoms with Crippen molar-refractivity contribution in [1.29, 1.82) is 0 Å². The number of piperazine rings is 1. The molecule has 0 N–H and O–H groups in total. The largest absolute Gasteiger partial charge is 0.345 e. The zero-order chi connectivity index (χ0) is 16.6. The summed E-state index contributed by atoms with van der Waals surface area (Å²) in [7, 11) is 0. The van der Waals surface area contributed by atoms with Gasteiger partial charge in [0.2, 0.25) is 11.8 Å². The molecule has 0 aliphatic carbocycles. The number of hydrogen-bond donors (Lipinski definition) is 0. The van der Waals surface area contributed by atoms with Crippen LogP contribution in [0.4, 0.5) is 5.13 Å². The third kappa shape index (κ3) is 3.34. The Bertz CT molecular complexity index is 573. The maximum Gasteiger partial charge on any atom is 0.228 e. The highest BCUT2D eigenvalue weighted by Crippen LogP contribution is 2.27. The van der Waals surface area contributed by atoms with Crippen LogP contribution in [-0.2, 0) is 9.59 Å². The van der Waals surface area contributed by atoms with E-state index < -0.39 is 0 Å². The van der Waals surface area contributed by atoms with Gasteiger partial charge in [-0.1, -0.05) is 0 Å². The Hall–Kier alpha value is -1.63. The fourth-order valence-corrected chi connectivity index (χ4v) is 3.97. The van der Waals surface area contributed by atoms with E-state index in [0.717, 1.165) is 18.2 Å². The average molecular weight is 336 g/mol. The number of carbonyl (C=O) groups excluding carboxylic acids is 2. The first kappa shape index (κ1) is 16.2. The van der Waals surface area contributed by atoms with Gasteiger partial charge in [0.15, 0.2) is 5.13 Å². The van der Waals surface area contributed by atoms with Gasteiger partial charge in [-0.3, -0.25) is 9.59 Å². The minimum atomic E-state index is -0.213. The molecular formula is C16H24N4O2S. The second-order valence-electron chi connectivity index (χ2n) is 7.20. The molecule has 1 unspecified atom stereocenters. The van der Waals surface area contributed by atoms with E-state index in [4.69, 9.17) is 0 Å². The molecule has 0 spiro atoms. The molecule has 2 amide bonds. The smallest absolute Gasteiger partial charge is 0.228 e. The molecule has 1 aromatic heterocycles. The number of amides is 2. The Labute approximate surface area is 141 Å². The van der Waals surface area contributed by atoms with Crippen molar-refractivity contribution in [2.45, 2.75) is 32.7 Å². The highest BCUT2D eigenvalue weighted by molar-refractivity contribution is 7.13. The molecule has 3 rings (SSSR count). The van der Waals surface area contributed by atoms with Gasteiger partial charge in [0, 0.05) is 56.3 Å². The summed E-state index contributed by atoms with van der Waals surface area (Å²) in [6.45, 7) is 9.64. The highest BCUT2D eigenvalue weighted by atomic mass is 32.1. The quantitative estimate of drug-likeness (QED) is 0.820. The van der Waals surface area contributed by atoms with Crippen molar-refractivity contribution in [1.82, 2.24) is 14.8 Å². The lowest BCUT2D eigenvalue weighted by Crippen LogP contribution is -2.51. The molecule has 0 radical (unpaired) electrons. The monoisotopic (exact) mass is 336 g/mol. The van der Waals surface area contributed by atoms with Gasteiger partial charge in [-0.15, -0.1) is 11.3 Å². The van der Waals surface area contributed by atoms with Crippen molar-refractivity contribution in [2.75, 3.05) is 37.6 Å². The summed E-state index contributed by atoms with van der Waals surface area (Å²) in [5.41, 5.74) is -0.213. The molecule has 1 atom stereocenters. The lowest BCUT2D eigenvalue weighted by atomic mass is 10.1. The fourth-order valence-electron chi connectivity index (χ4n) is 3.27. The minimum absolute atomic E-state index is 0.0947. The van der Waals surface area contributed by atoms with Crippen LogP contribution in [0.5, 0.6) is 0 Å². The van der Waals surface area contributed by atoms with Crippen molar-refractivity contribution < 1.29 is 9.59 Å². The van der Waals surface area contributed by atoms with Crippen molar-refractivity contribution in [3.05, 3.63) is 11.6 Å². The van der Waals surface area contributed by atoms with E-state index in [0.29, 0.717) is 26.1 Å². The average Bonchev–Trinajstić information content (AvgIpc) is 3.15. The van der Waals surface area contributed by atoms with E-state index in [1.165, 1.54) is 0 Å². The molecule has 1 aromatic rings. The van der Waals surface area contributed by atoms with E-state index in [2.05, 4.69) is 9.88 Å². The van der Waals surface area contributed by atoms with Crippen LogP contribution in [-0.4, -0.2) is 64.9 Å². The number of nitrogens with zero attached hydrogens (tertiary/aromatic N) is 4. The van der Waals surface area contributed by atoms with Crippen molar-refractivity contribution in [2.24, 2.45) is 5.92 Å². The topological polar surface area (TPSA) is 56.8 Å². The normalized spacial score (nSPS) is 22.8. The molecule has 0 bridgehead atoms. The van der Waals surface area contributed by atoms with Crippen LogP contribution in [0.2, 0.25) is 0 Å². The van der Waals surface area contributed by atoms with Gasteiger partial charge >= 0.3 is 0 Å². The first-order valence-corrected chi connectivity index (χ1v) is 8.98. The Morgan fingerprint density at radius 3 is 2.48 bits per heavy atom. The standard InChI is InChI=1S/C16H24N4O2S/c1-16(2,3)20-11-12(10-13(20)21)14(22)18-5-7-19(8-6-18)15-17-4-9-23-15/h4,9,12H,5-8,10-11H2,1-3H3. The molecule has 2 aliphatic heterocycles. The number of hydrogen-bond acceptors (Lipinski definition) is 5. The van der Waals surface area contributed by atoms with E-state index in [9.17, 15) is 9.59 Å². The van der Waals surface area contributed by atoms with Gasteiger partial charge < -0.3 is 14.7 Å². The Morgan fingerprint density at radius 1 is 1.26 bits per heavy atom. The van der Waals surface area contributed by atoms with Gasteiger partial charge in [-0.2, -0.15) is 0 Å². The summed E-state index contributed by atoms with van der Waals surface area (Å²) in [4.78, 5) is 35.2. The molecular weight excluding hydrogens is 312 g/mol. The van der Waals surface area contributed by atoms with Crippen LogP contribution in [0.3, 0.4) is 0 Å². The predicted molar refractivity (Wildman–Crippen MR) is 90.5 cm³/mol. The summed E-state index contributed by atoms with van der Waals surface area (Å²) >= 11 is 1.63. The van der Waals surface area contributed by atoms with Gasteiger partial charge in [0.1, 0.15) is 0 Å². The second-order valence-corrected chi connectivity index (χ2v) is 8.08. The van der Waals surface area contributed by atoms with Gasteiger partial charge in [0.05, 0.1) is 5.92 Å². The predicted octanol–water partition coefficient (Wildman–Crippen LogP) is 1.44. The lowest BCUT2D eigenvalue weighted by Gasteiger charge is -2.36. The molecule has 7 heteroatoms. The van der Waals surface area contributed by atoms with Crippen LogP contribution >= 0.6 is 11.3 Å². The lowest BCUT2D eigenvalue weighted by molar-refractivity contribution is -0.136. The van der Waals surface area contributed by atoms with Gasteiger partial charge in [-0.05, 0) is 20.8 Å². The van der Waals surface area contributed by atoms with E-state index in [-0.39, 0.29) is 23.3 Å². The summed E-state index contributed by atoms with van der Waals surface area (Å²) < 4.78 is 0. The molecule has 0 saturated carbocycles. The number of rotatable bonds is 2. The van der Waals surface area contributed by atoms with Crippen LogP contribution in [0.1, 0.15) is 27.2 Å². The first-order valence-electron chi connectivity index (χ1n) is 8.10. The maximum absolute atomic E-state index is 12.7. The molecule has 2 fully saturated rings. The van der Waals surface area contributed by atoms with E-state index >= 15 is 0 Å². The molecule has 2 saturated heterocycles. The number of likely N-dealkylation sites (tertiary alicyclic amines) is 1. The number of aromatic nitrogens is 1. The maximum atomic E-state index is 12.7. The molecule has 23 heavy (non-hydrogen) atoms. The van der Waals surface area contributed by atoms with Crippen LogP contribution in [0.25, 0.3) is 0 Å². The second kappa shape index (κ2) is 6.11. The number of anilines is 1. The van der Waals surface area contributed by atoms with Crippen molar-refractivity contribution >= 4 is 28.3 Å². The van der Waals surface area contributed by atoms with Gasteiger partial charge in [-0.25, -0.2) is 4.98 Å². The van der Waals surface area contributed by atoms with E-state index in [1.807, 2.05) is 42.1 Å². The molecule has 6 nitrogen and oxygen atoms in total. The Kier molecular flexibility index (Phi) is 4.31. The third-order valence-corrected chi connectivity index (χ3v) is 5.40. The summed E-state index contributed by atoms with van der Waals surface area (Å²) in [5, 5.41) is 2.99. The number of thiazole rings is 1. The van der Waals surface area contributed by atoms with Crippen molar-refractivity contribution in [3.63, 3.8) is 0 Å².